The molecule has 0 bridgehead atoms. The molecule has 1 aromatic carbocycles. The van der Waals surface area contributed by atoms with Crippen LogP contribution in [0, 0.1) is 11.8 Å². The SMILES string of the molecule is CN1C[C@@H]2C[C@H](N(C)C(=O)c3cccc4c5c([nH]c34)CCCC5)C[C@@H]2CC1=O. The van der Waals surface area contributed by atoms with Crippen molar-refractivity contribution in [1.82, 2.24) is 14.8 Å². The number of H-pyrrole nitrogens is 1. The first-order chi connectivity index (χ1) is 13.5. The van der Waals surface area contributed by atoms with E-state index in [2.05, 4.69) is 11.1 Å². The number of para-hydroxylation sites is 1. The van der Waals surface area contributed by atoms with Crippen LogP contribution in [0.25, 0.3) is 10.9 Å². The Balaban J connectivity index is 1.41. The number of aromatic amines is 1. The number of amides is 2. The van der Waals surface area contributed by atoms with Crippen LogP contribution < -0.4 is 0 Å². The molecule has 2 amide bonds. The van der Waals surface area contributed by atoms with Gasteiger partial charge in [0.25, 0.3) is 5.91 Å². The zero-order valence-corrected chi connectivity index (χ0v) is 16.8. The van der Waals surface area contributed by atoms with Crippen molar-refractivity contribution in [2.75, 3.05) is 20.6 Å². The Kier molecular flexibility index (Phi) is 4.22. The Morgan fingerprint density at radius 1 is 1.18 bits per heavy atom. The van der Waals surface area contributed by atoms with Crippen molar-refractivity contribution < 1.29 is 9.59 Å². The summed E-state index contributed by atoms with van der Waals surface area (Å²) in [6.07, 6.45) is 7.23. The number of fused-ring (bicyclic) bond motifs is 4. The van der Waals surface area contributed by atoms with Gasteiger partial charge in [0.2, 0.25) is 5.91 Å². The minimum Gasteiger partial charge on any atom is -0.358 e. The summed E-state index contributed by atoms with van der Waals surface area (Å²) >= 11 is 0. The molecule has 2 heterocycles. The van der Waals surface area contributed by atoms with Crippen LogP contribution in [-0.2, 0) is 17.6 Å². The first-order valence-electron chi connectivity index (χ1n) is 10.7. The minimum absolute atomic E-state index is 0.104. The van der Waals surface area contributed by atoms with E-state index in [0.29, 0.717) is 18.3 Å². The molecule has 2 fully saturated rings. The van der Waals surface area contributed by atoms with Crippen LogP contribution in [0.4, 0.5) is 0 Å². The van der Waals surface area contributed by atoms with E-state index in [4.69, 9.17) is 0 Å². The van der Waals surface area contributed by atoms with Crippen molar-refractivity contribution in [3.05, 3.63) is 35.0 Å². The molecular weight excluding hydrogens is 350 g/mol. The van der Waals surface area contributed by atoms with Crippen molar-refractivity contribution in [3.63, 3.8) is 0 Å². The lowest BCUT2D eigenvalue weighted by Crippen LogP contribution is -2.39. The summed E-state index contributed by atoms with van der Waals surface area (Å²) in [5, 5.41) is 1.22. The molecule has 28 heavy (non-hydrogen) atoms. The number of likely N-dealkylation sites (tertiary alicyclic amines) is 1. The van der Waals surface area contributed by atoms with Gasteiger partial charge in [0.15, 0.2) is 0 Å². The molecule has 1 N–H and O–H groups in total. The average molecular weight is 380 g/mol. The summed E-state index contributed by atoms with van der Waals surface area (Å²) in [5.41, 5.74) is 4.53. The van der Waals surface area contributed by atoms with Gasteiger partial charge in [-0.3, -0.25) is 9.59 Å². The smallest absolute Gasteiger partial charge is 0.255 e. The Morgan fingerprint density at radius 2 is 1.96 bits per heavy atom. The van der Waals surface area contributed by atoms with Gasteiger partial charge in [-0.2, -0.15) is 0 Å². The van der Waals surface area contributed by atoms with E-state index < -0.39 is 0 Å². The molecule has 0 radical (unpaired) electrons. The highest BCUT2D eigenvalue weighted by Gasteiger charge is 2.42. The molecule has 3 atom stereocenters. The van der Waals surface area contributed by atoms with Crippen LogP contribution in [0.5, 0.6) is 0 Å². The number of aryl methyl sites for hydroxylation is 2. The summed E-state index contributed by atoms with van der Waals surface area (Å²) in [5.74, 6) is 1.30. The molecule has 5 rings (SSSR count). The van der Waals surface area contributed by atoms with Crippen LogP contribution in [0.3, 0.4) is 0 Å². The molecule has 1 saturated carbocycles. The van der Waals surface area contributed by atoms with Crippen molar-refractivity contribution in [2.24, 2.45) is 11.8 Å². The second kappa shape index (κ2) is 6.64. The zero-order valence-electron chi connectivity index (χ0n) is 16.8. The van der Waals surface area contributed by atoms with E-state index >= 15 is 0 Å². The van der Waals surface area contributed by atoms with E-state index in [-0.39, 0.29) is 17.9 Å². The summed E-state index contributed by atoms with van der Waals surface area (Å²) in [6, 6.07) is 6.36. The van der Waals surface area contributed by atoms with Crippen LogP contribution in [0.1, 0.15) is 53.7 Å². The minimum atomic E-state index is 0.104. The van der Waals surface area contributed by atoms with E-state index in [1.165, 1.54) is 29.5 Å². The van der Waals surface area contributed by atoms with Crippen molar-refractivity contribution >= 4 is 22.7 Å². The van der Waals surface area contributed by atoms with Gasteiger partial charge in [-0.25, -0.2) is 0 Å². The lowest BCUT2D eigenvalue weighted by atomic mass is 9.88. The Labute approximate surface area is 166 Å². The average Bonchev–Trinajstić information content (AvgIpc) is 3.28. The third-order valence-corrected chi connectivity index (χ3v) is 7.42. The lowest BCUT2D eigenvalue weighted by molar-refractivity contribution is -0.134. The fourth-order valence-corrected chi connectivity index (χ4v) is 5.77. The van der Waals surface area contributed by atoms with Crippen LogP contribution in [-0.4, -0.2) is 53.3 Å². The van der Waals surface area contributed by atoms with Crippen molar-refractivity contribution in [1.29, 1.82) is 0 Å². The summed E-state index contributed by atoms with van der Waals surface area (Å²) in [6.45, 7) is 0.834. The van der Waals surface area contributed by atoms with E-state index in [1.54, 1.807) is 0 Å². The van der Waals surface area contributed by atoms with Gasteiger partial charge in [0.1, 0.15) is 0 Å². The number of rotatable bonds is 2. The third kappa shape index (κ3) is 2.75. The molecule has 1 saturated heterocycles. The van der Waals surface area contributed by atoms with Gasteiger partial charge in [-0.05, 0) is 62.0 Å². The number of hydrogen-bond donors (Lipinski definition) is 1. The molecule has 0 unspecified atom stereocenters. The maximum absolute atomic E-state index is 13.4. The molecule has 2 aromatic rings. The molecule has 1 aromatic heterocycles. The Bertz CT molecular complexity index is 947. The lowest BCUT2D eigenvalue weighted by Gasteiger charge is -2.31. The first-order valence-corrected chi connectivity index (χ1v) is 10.7. The quantitative estimate of drug-likeness (QED) is 0.870. The normalized spacial score (nSPS) is 27.0. The molecule has 148 valence electrons. The number of nitrogens with zero attached hydrogens (tertiary/aromatic N) is 2. The van der Waals surface area contributed by atoms with Crippen LogP contribution >= 0.6 is 0 Å². The molecule has 1 aliphatic heterocycles. The molecule has 5 nitrogen and oxygen atoms in total. The van der Waals surface area contributed by atoms with E-state index in [9.17, 15) is 9.59 Å². The summed E-state index contributed by atoms with van der Waals surface area (Å²) < 4.78 is 0. The van der Waals surface area contributed by atoms with Crippen LogP contribution in [0.15, 0.2) is 18.2 Å². The first kappa shape index (κ1) is 17.8. The molecule has 0 spiro atoms. The topological polar surface area (TPSA) is 56.4 Å². The highest BCUT2D eigenvalue weighted by atomic mass is 16.2. The summed E-state index contributed by atoms with van der Waals surface area (Å²) in [4.78, 5) is 32.8. The Hall–Kier alpha value is -2.30. The third-order valence-electron chi connectivity index (χ3n) is 7.42. The predicted octanol–water partition coefficient (Wildman–Crippen LogP) is 3.38. The number of piperidine rings is 1. The van der Waals surface area contributed by atoms with Gasteiger partial charge in [-0.15, -0.1) is 0 Å². The fraction of sp³-hybridized carbons (Fsp3) is 0.565. The van der Waals surface area contributed by atoms with Gasteiger partial charge >= 0.3 is 0 Å². The molecule has 2 aliphatic carbocycles. The highest BCUT2D eigenvalue weighted by molar-refractivity contribution is 6.06. The number of aromatic nitrogens is 1. The fourth-order valence-electron chi connectivity index (χ4n) is 5.77. The zero-order chi connectivity index (χ0) is 19.4. The number of benzene rings is 1. The highest BCUT2D eigenvalue weighted by Crippen LogP contribution is 2.40. The van der Waals surface area contributed by atoms with E-state index in [1.807, 2.05) is 36.0 Å². The molecule has 3 aliphatic rings. The van der Waals surface area contributed by atoms with Gasteiger partial charge in [0.05, 0.1) is 11.1 Å². The van der Waals surface area contributed by atoms with Crippen molar-refractivity contribution in [2.45, 2.75) is 51.0 Å². The van der Waals surface area contributed by atoms with Crippen molar-refractivity contribution in [3.8, 4) is 0 Å². The second-order valence-corrected chi connectivity index (χ2v) is 9.06. The number of nitrogens with one attached hydrogen (secondary N) is 1. The van der Waals surface area contributed by atoms with Gasteiger partial charge in [0, 0.05) is 44.2 Å². The van der Waals surface area contributed by atoms with Gasteiger partial charge in [-0.1, -0.05) is 12.1 Å². The number of carbonyl (C=O) groups is 2. The van der Waals surface area contributed by atoms with Gasteiger partial charge < -0.3 is 14.8 Å². The second-order valence-electron chi connectivity index (χ2n) is 9.06. The maximum atomic E-state index is 13.4. The van der Waals surface area contributed by atoms with Crippen LogP contribution in [0.2, 0.25) is 0 Å². The summed E-state index contributed by atoms with van der Waals surface area (Å²) in [7, 11) is 3.84. The van der Waals surface area contributed by atoms with E-state index in [0.717, 1.165) is 43.3 Å². The standard InChI is InChI=1S/C23H29N3O2/c1-25-13-15-11-16(10-14(15)12-21(25)27)26(2)23(28)19-8-5-7-18-17-6-3-4-9-20(17)24-22(18)19/h5,7-8,14-16,24H,3-4,6,9-13H2,1-2H3/t14-,15+,16-/m1/s1. The Morgan fingerprint density at radius 3 is 2.82 bits per heavy atom. The molecule has 5 heteroatoms. The monoisotopic (exact) mass is 379 g/mol. The predicted molar refractivity (Wildman–Crippen MR) is 109 cm³/mol. The maximum Gasteiger partial charge on any atom is 0.255 e. The number of carbonyl (C=O) groups excluding carboxylic acids is 2. The number of hydrogen-bond acceptors (Lipinski definition) is 2. The largest absolute Gasteiger partial charge is 0.358 e. The molecular formula is C23H29N3O2.